The molecule has 0 aliphatic heterocycles. The third-order valence-corrected chi connectivity index (χ3v) is 4.00. The zero-order valence-electron chi connectivity index (χ0n) is 14.0. The topological polar surface area (TPSA) is 79.9 Å². The molecule has 1 aliphatic carbocycles. The highest BCUT2D eigenvalue weighted by molar-refractivity contribution is 6.04. The van der Waals surface area contributed by atoms with E-state index in [4.69, 9.17) is 4.74 Å². The summed E-state index contributed by atoms with van der Waals surface area (Å²) in [4.78, 5) is 24.0. The lowest BCUT2D eigenvalue weighted by Crippen LogP contribution is -2.29. The summed E-state index contributed by atoms with van der Waals surface area (Å²) in [5.74, 6) is 0.882. The number of hydrogen-bond acceptors (Lipinski definition) is 4. The number of H-pyrrole nitrogens is 1. The summed E-state index contributed by atoms with van der Waals surface area (Å²) in [7, 11) is 0. The van der Waals surface area contributed by atoms with E-state index in [1.807, 2.05) is 32.0 Å². The summed E-state index contributed by atoms with van der Waals surface area (Å²) in [5.41, 5.74) is 3.95. The van der Waals surface area contributed by atoms with E-state index in [9.17, 15) is 4.79 Å². The Bertz CT molecular complexity index is 988. The lowest BCUT2D eigenvalue weighted by molar-refractivity contribution is 0.0944. The molecule has 6 nitrogen and oxygen atoms in total. The second-order valence-electron chi connectivity index (χ2n) is 6.31. The van der Waals surface area contributed by atoms with Crippen molar-refractivity contribution in [1.82, 2.24) is 20.3 Å². The fourth-order valence-corrected chi connectivity index (χ4v) is 2.86. The van der Waals surface area contributed by atoms with Gasteiger partial charge < -0.3 is 15.0 Å². The van der Waals surface area contributed by atoms with Crippen molar-refractivity contribution in [3.05, 3.63) is 53.4 Å². The van der Waals surface area contributed by atoms with Gasteiger partial charge in [0.1, 0.15) is 11.3 Å². The van der Waals surface area contributed by atoms with Crippen molar-refractivity contribution < 1.29 is 9.53 Å². The van der Waals surface area contributed by atoms with Gasteiger partial charge in [0.15, 0.2) is 5.65 Å². The Labute approximate surface area is 145 Å². The highest BCUT2D eigenvalue weighted by Gasteiger charge is 2.16. The van der Waals surface area contributed by atoms with Gasteiger partial charge in [0.25, 0.3) is 5.91 Å². The van der Waals surface area contributed by atoms with E-state index >= 15 is 0 Å². The molecule has 2 N–H and O–H groups in total. The molecule has 0 spiro atoms. The summed E-state index contributed by atoms with van der Waals surface area (Å²) in [6, 6.07) is 5.98. The van der Waals surface area contributed by atoms with Crippen LogP contribution in [-0.2, 0) is 6.42 Å². The minimum atomic E-state index is -0.184. The Morgan fingerprint density at radius 2 is 2.24 bits per heavy atom. The van der Waals surface area contributed by atoms with Crippen LogP contribution in [0.25, 0.3) is 17.2 Å². The van der Waals surface area contributed by atoms with Crippen LogP contribution in [0.3, 0.4) is 0 Å². The molecule has 0 atom stereocenters. The van der Waals surface area contributed by atoms with E-state index in [-0.39, 0.29) is 11.9 Å². The summed E-state index contributed by atoms with van der Waals surface area (Å²) in [5, 5.41) is 2.86. The molecule has 0 unspecified atom stereocenters. The Morgan fingerprint density at radius 1 is 1.36 bits per heavy atom. The lowest BCUT2D eigenvalue weighted by Gasteiger charge is -2.08. The van der Waals surface area contributed by atoms with Crippen LogP contribution in [0.15, 0.2) is 36.7 Å². The number of nitrogens with zero attached hydrogens (tertiary/aromatic N) is 2. The van der Waals surface area contributed by atoms with E-state index in [2.05, 4.69) is 32.4 Å². The number of ether oxygens (including phenoxy) is 1. The Morgan fingerprint density at radius 3 is 3.08 bits per heavy atom. The smallest absolute Gasteiger partial charge is 0.255 e. The largest absolute Gasteiger partial charge is 0.437 e. The Balaban J connectivity index is 1.63. The Hall–Kier alpha value is -3.15. The van der Waals surface area contributed by atoms with Gasteiger partial charge in [-0.15, -0.1) is 0 Å². The standard InChI is InChI=1S/C19H18N4O2/c1-11(2)22-19(24)15-9-20-18-17(15)23-16(10-21-18)25-14-7-6-12-4-3-5-13(12)8-14/h3-4,6-11H,5H2,1-2H3,(H,20,21)(H,22,24). The van der Waals surface area contributed by atoms with E-state index in [1.165, 1.54) is 11.1 Å². The maximum Gasteiger partial charge on any atom is 0.255 e. The molecule has 0 fully saturated rings. The zero-order valence-corrected chi connectivity index (χ0v) is 14.0. The van der Waals surface area contributed by atoms with Gasteiger partial charge in [0, 0.05) is 12.2 Å². The van der Waals surface area contributed by atoms with Crippen molar-refractivity contribution in [3.8, 4) is 11.6 Å². The second-order valence-corrected chi connectivity index (χ2v) is 6.31. The molecule has 1 aliphatic rings. The SMILES string of the molecule is CC(C)NC(=O)c1c[nH]c2ncc(Oc3ccc4c(c3)CC=C4)nc12. The number of fused-ring (bicyclic) bond motifs is 2. The molecule has 2 aromatic heterocycles. The molecule has 6 heteroatoms. The van der Waals surface area contributed by atoms with Crippen molar-refractivity contribution in [2.75, 3.05) is 0 Å². The number of aromatic amines is 1. The maximum absolute atomic E-state index is 12.3. The molecule has 0 bridgehead atoms. The fraction of sp³-hybridized carbons (Fsp3) is 0.211. The van der Waals surface area contributed by atoms with E-state index in [1.54, 1.807) is 12.4 Å². The number of carbonyl (C=O) groups is 1. The van der Waals surface area contributed by atoms with Crippen molar-refractivity contribution in [2.24, 2.45) is 0 Å². The minimum absolute atomic E-state index is 0.0462. The van der Waals surface area contributed by atoms with Gasteiger partial charge in [0.05, 0.1) is 11.8 Å². The van der Waals surface area contributed by atoms with Crippen LogP contribution >= 0.6 is 0 Å². The molecule has 126 valence electrons. The molecular formula is C19H18N4O2. The van der Waals surface area contributed by atoms with E-state index < -0.39 is 0 Å². The predicted molar refractivity (Wildman–Crippen MR) is 95.7 cm³/mol. The van der Waals surface area contributed by atoms with Crippen molar-refractivity contribution in [3.63, 3.8) is 0 Å². The first kappa shape index (κ1) is 15.4. The molecule has 3 aromatic rings. The number of rotatable bonds is 4. The van der Waals surface area contributed by atoms with Gasteiger partial charge in [-0.3, -0.25) is 4.79 Å². The quantitative estimate of drug-likeness (QED) is 0.766. The highest BCUT2D eigenvalue weighted by Crippen LogP contribution is 2.27. The number of amides is 1. The van der Waals surface area contributed by atoms with Crippen LogP contribution in [0.5, 0.6) is 11.6 Å². The molecular weight excluding hydrogens is 316 g/mol. The van der Waals surface area contributed by atoms with E-state index in [0.717, 1.165) is 6.42 Å². The molecule has 1 aromatic carbocycles. The lowest BCUT2D eigenvalue weighted by atomic mass is 10.1. The van der Waals surface area contributed by atoms with Crippen molar-refractivity contribution >= 4 is 23.1 Å². The average Bonchev–Trinajstić information content (AvgIpc) is 3.19. The van der Waals surface area contributed by atoms with Crippen LogP contribution in [0.2, 0.25) is 0 Å². The molecule has 0 saturated heterocycles. The minimum Gasteiger partial charge on any atom is -0.437 e. The normalized spacial score (nSPS) is 12.6. The average molecular weight is 334 g/mol. The first-order valence-electron chi connectivity index (χ1n) is 8.22. The first-order chi connectivity index (χ1) is 12.1. The number of hydrogen-bond donors (Lipinski definition) is 2. The zero-order chi connectivity index (χ0) is 17.4. The second kappa shape index (κ2) is 6.05. The third kappa shape index (κ3) is 2.98. The van der Waals surface area contributed by atoms with Crippen LogP contribution in [0, 0.1) is 0 Å². The predicted octanol–water partition coefficient (Wildman–Crippen LogP) is 3.46. The van der Waals surface area contributed by atoms with Crippen LogP contribution in [0.1, 0.15) is 35.3 Å². The Kier molecular flexibility index (Phi) is 3.72. The van der Waals surface area contributed by atoms with Gasteiger partial charge in [-0.2, -0.15) is 0 Å². The number of aromatic nitrogens is 3. The van der Waals surface area contributed by atoms with E-state index in [0.29, 0.717) is 28.4 Å². The van der Waals surface area contributed by atoms with Gasteiger partial charge in [-0.05, 0) is 43.5 Å². The van der Waals surface area contributed by atoms with Crippen molar-refractivity contribution in [1.29, 1.82) is 0 Å². The van der Waals surface area contributed by atoms with Gasteiger partial charge in [-0.25, -0.2) is 9.97 Å². The van der Waals surface area contributed by atoms with Crippen LogP contribution in [0.4, 0.5) is 0 Å². The summed E-state index contributed by atoms with van der Waals surface area (Å²) >= 11 is 0. The number of carbonyl (C=O) groups excluding carboxylic acids is 1. The molecule has 4 rings (SSSR count). The molecule has 1 amide bonds. The first-order valence-corrected chi connectivity index (χ1v) is 8.22. The van der Waals surface area contributed by atoms with Crippen LogP contribution < -0.4 is 10.1 Å². The third-order valence-electron chi connectivity index (χ3n) is 4.00. The molecule has 2 heterocycles. The highest BCUT2D eigenvalue weighted by atomic mass is 16.5. The molecule has 25 heavy (non-hydrogen) atoms. The maximum atomic E-state index is 12.3. The summed E-state index contributed by atoms with van der Waals surface area (Å²) in [6.45, 7) is 3.82. The van der Waals surface area contributed by atoms with Crippen LogP contribution in [-0.4, -0.2) is 26.9 Å². The molecule has 0 radical (unpaired) electrons. The van der Waals surface area contributed by atoms with Gasteiger partial charge in [-0.1, -0.05) is 18.2 Å². The van der Waals surface area contributed by atoms with Gasteiger partial charge >= 0.3 is 0 Å². The summed E-state index contributed by atoms with van der Waals surface area (Å²) < 4.78 is 5.85. The number of allylic oxidation sites excluding steroid dienone is 1. The number of benzene rings is 1. The van der Waals surface area contributed by atoms with Crippen molar-refractivity contribution in [2.45, 2.75) is 26.3 Å². The molecule has 0 saturated carbocycles. The summed E-state index contributed by atoms with van der Waals surface area (Å²) in [6.07, 6.45) is 8.31. The fourth-order valence-electron chi connectivity index (χ4n) is 2.86. The number of nitrogens with one attached hydrogen (secondary N) is 2. The monoisotopic (exact) mass is 334 g/mol. The van der Waals surface area contributed by atoms with Gasteiger partial charge in [0.2, 0.25) is 5.88 Å².